The summed E-state index contributed by atoms with van der Waals surface area (Å²) in [5.41, 5.74) is 1.70. The molecule has 154 valence electrons. The van der Waals surface area contributed by atoms with Crippen molar-refractivity contribution in [1.29, 1.82) is 0 Å². The Balaban J connectivity index is 1.77. The van der Waals surface area contributed by atoms with Crippen LogP contribution >= 0.6 is 11.8 Å². The van der Waals surface area contributed by atoms with E-state index in [-0.39, 0.29) is 6.10 Å². The maximum atomic E-state index is 10.7. The molecule has 2 heterocycles. The standard InChI is InChI=1S/C19H21N3O6S/c1-25-14-6-12(8-21-18(29-3)10-22(23)24)7-15-19(14)28-16(11-27-15)13-4-5-17(26-2)20-9-13/h4-7,9-10,16,21H,8,11H2,1-3H3. The summed E-state index contributed by atoms with van der Waals surface area (Å²) < 4.78 is 22.6. The van der Waals surface area contributed by atoms with Gasteiger partial charge < -0.3 is 24.3 Å². The Hall–Kier alpha value is -3.14. The van der Waals surface area contributed by atoms with Crippen molar-refractivity contribution in [1.82, 2.24) is 10.3 Å². The van der Waals surface area contributed by atoms with Crippen LogP contribution < -0.4 is 24.3 Å². The number of hydrogen-bond acceptors (Lipinski definition) is 9. The molecule has 1 aliphatic rings. The molecule has 1 unspecified atom stereocenters. The average molecular weight is 419 g/mol. The van der Waals surface area contributed by atoms with E-state index >= 15 is 0 Å². The van der Waals surface area contributed by atoms with Crippen LogP contribution in [0.25, 0.3) is 0 Å². The van der Waals surface area contributed by atoms with Gasteiger partial charge in [-0.15, -0.1) is 11.8 Å². The van der Waals surface area contributed by atoms with E-state index in [4.69, 9.17) is 18.9 Å². The lowest BCUT2D eigenvalue weighted by atomic mass is 10.1. The molecule has 1 aromatic carbocycles. The van der Waals surface area contributed by atoms with Crippen LogP contribution in [0.1, 0.15) is 17.2 Å². The van der Waals surface area contributed by atoms with Gasteiger partial charge >= 0.3 is 0 Å². The molecular weight excluding hydrogens is 398 g/mol. The van der Waals surface area contributed by atoms with Crippen LogP contribution in [0.15, 0.2) is 41.7 Å². The summed E-state index contributed by atoms with van der Waals surface area (Å²) in [6.45, 7) is 0.692. The zero-order chi connectivity index (χ0) is 20.8. The number of rotatable bonds is 8. The van der Waals surface area contributed by atoms with Gasteiger partial charge in [0.25, 0.3) is 6.20 Å². The predicted octanol–water partition coefficient (Wildman–Crippen LogP) is 3.14. The molecule has 0 aliphatic carbocycles. The number of hydrogen-bond donors (Lipinski definition) is 1. The molecule has 0 bridgehead atoms. The number of pyridine rings is 1. The maximum Gasteiger partial charge on any atom is 0.263 e. The topological polar surface area (TPSA) is 105 Å². The van der Waals surface area contributed by atoms with Gasteiger partial charge in [0.15, 0.2) is 17.6 Å². The summed E-state index contributed by atoms with van der Waals surface area (Å²) in [5, 5.41) is 14.1. The van der Waals surface area contributed by atoms with E-state index in [0.29, 0.717) is 41.3 Å². The van der Waals surface area contributed by atoms with E-state index in [2.05, 4.69) is 10.3 Å². The largest absolute Gasteiger partial charge is 0.493 e. The Labute approximate surface area is 172 Å². The second-order valence-electron chi connectivity index (χ2n) is 6.01. The van der Waals surface area contributed by atoms with Crippen molar-refractivity contribution in [2.75, 3.05) is 27.1 Å². The van der Waals surface area contributed by atoms with E-state index < -0.39 is 4.92 Å². The third-order valence-corrected chi connectivity index (χ3v) is 4.89. The van der Waals surface area contributed by atoms with Crippen molar-refractivity contribution < 1.29 is 23.9 Å². The first-order chi connectivity index (χ1) is 14.0. The van der Waals surface area contributed by atoms with Gasteiger partial charge in [-0.2, -0.15) is 0 Å². The fraction of sp³-hybridized carbons (Fsp3) is 0.316. The van der Waals surface area contributed by atoms with Crippen molar-refractivity contribution in [3.63, 3.8) is 0 Å². The Morgan fingerprint density at radius 2 is 2.24 bits per heavy atom. The molecule has 0 amide bonds. The lowest BCUT2D eigenvalue weighted by molar-refractivity contribution is -0.403. The van der Waals surface area contributed by atoms with Gasteiger partial charge in [0.05, 0.1) is 19.1 Å². The summed E-state index contributed by atoms with van der Waals surface area (Å²) in [4.78, 5) is 14.4. The van der Waals surface area contributed by atoms with E-state index in [1.54, 1.807) is 32.7 Å². The zero-order valence-corrected chi connectivity index (χ0v) is 17.0. The number of aromatic nitrogens is 1. The predicted molar refractivity (Wildman–Crippen MR) is 108 cm³/mol. The molecule has 9 nitrogen and oxygen atoms in total. The van der Waals surface area contributed by atoms with Crippen LogP contribution in [0, 0.1) is 10.1 Å². The van der Waals surface area contributed by atoms with Gasteiger partial charge in [0.1, 0.15) is 11.6 Å². The third-order valence-electron chi connectivity index (χ3n) is 4.20. The molecular formula is C19H21N3O6S. The molecule has 1 N–H and O–H groups in total. The number of ether oxygens (including phenoxy) is 4. The molecule has 10 heteroatoms. The van der Waals surface area contributed by atoms with Crippen LogP contribution in [0.4, 0.5) is 0 Å². The fourth-order valence-corrected chi connectivity index (χ4v) is 3.18. The Morgan fingerprint density at radius 3 is 2.86 bits per heavy atom. The van der Waals surface area contributed by atoms with Gasteiger partial charge in [-0.05, 0) is 30.0 Å². The van der Waals surface area contributed by atoms with Gasteiger partial charge in [0, 0.05) is 24.4 Å². The normalized spacial score (nSPS) is 15.6. The molecule has 2 aromatic rings. The number of benzene rings is 1. The SMILES string of the molecule is COc1ccc(C2COc3cc(CNC(=C[N+](=O)[O-])SC)cc(OC)c3O2)cn1. The molecule has 3 rings (SSSR count). The zero-order valence-electron chi connectivity index (χ0n) is 16.2. The molecule has 0 radical (unpaired) electrons. The van der Waals surface area contributed by atoms with Gasteiger partial charge in [-0.25, -0.2) is 4.98 Å². The monoisotopic (exact) mass is 419 g/mol. The molecule has 0 fully saturated rings. The number of thioether (sulfide) groups is 1. The molecule has 1 aromatic heterocycles. The number of methoxy groups -OCH3 is 2. The number of nitro groups is 1. The van der Waals surface area contributed by atoms with Gasteiger partial charge in [0.2, 0.25) is 11.6 Å². The smallest absolute Gasteiger partial charge is 0.263 e. The molecule has 0 saturated carbocycles. The van der Waals surface area contributed by atoms with Crippen molar-refractivity contribution >= 4 is 11.8 Å². The fourth-order valence-electron chi connectivity index (χ4n) is 2.77. The minimum Gasteiger partial charge on any atom is -0.493 e. The highest BCUT2D eigenvalue weighted by molar-refractivity contribution is 8.02. The van der Waals surface area contributed by atoms with Gasteiger partial charge in [-0.1, -0.05) is 0 Å². The highest BCUT2D eigenvalue weighted by Crippen LogP contribution is 2.44. The summed E-state index contributed by atoms with van der Waals surface area (Å²) >= 11 is 1.26. The van der Waals surface area contributed by atoms with Crippen molar-refractivity contribution in [3.8, 4) is 23.1 Å². The minimum absolute atomic E-state index is 0.318. The summed E-state index contributed by atoms with van der Waals surface area (Å²) in [6.07, 6.45) is 4.06. The Kier molecular flexibility index (Phi) is 6.65. The molecule has 0 saturated heterocycles. The second kappa shape index (κ2) is 9.37. The highest BCUT2D eigenvalue weighted by Gasteiger charge is 2.27. The molecule has 1 atom stereocenters. The minimum atomic E-state index is -0.489. The molecule has 1 aliphatic heterocycles. The lowest BCUT2D eigenvalue weighted by Gasteiger charge is -2.28. The van der Waals surface area contributed by atoms with Crippen LogP contribution in [0.2, 0.25) is 0 Å². The second-order valence-corrected chi connectivity index (χ2v) is 6.86. The van der Waals surface area contributed by atoms with E-state index in [1.165, 1.54) is 11.8 Å². The van der Waals surface area contributed by atoms with Crippen LogP contribution in [0.3, 0.4) is 0 Å². The molecule has 29 heavy (non-hydrogen) atoms. The van der Waals surface area contributed by atoms with E-state index in [1.807, 2.05) is 18.2 Å². The Bertz CT molecular complexity index is 886. The first kappa shape index (κ1) is 20.6. The summed E-state index contributed by atoms with van der Waals surface area (Å²) in [6, 6.07) is 7.29. The summed E-state index contributed by atoms with van der Waals surface area (Å²) in [5.74, 6) is 2.11. The first-order valence-electron chi connectivity index (χ1n) is 8.67. The quantitative estimate of drug-likeness (QED) is 0.510. The van der Waals surface area contributed by atoms with Gasteiger partial charge in [-0.3, -0.25) is 10.1 Å². The first-order valence-corrected chi connectivity index (χ1v) is 9.90. The number of nitrogens with one attached hydrogen (secondary N) is 1. The van der Waals surface area contributed by atoms with Crippen molar-refractivity contribution in [2.24, 2.45) is 0 Å². The lowest BCUT2D eigenvalue weighted by Crippen LogP contribution is -2.22. The van der Waals surface area contributed by atoms with Crippen LogP contribution in [0.5, 0.6) is 23.1 Å². The van der Waals surface area contributed by atoms with E-state index in [0.717, 1.165) is 17.3 Å². The Morgan fingerprint density at radius 1 is 1.41 bits per heavy atom. The maximum absolute atomic E-state index is 10.7. The molecule has 0 spiro atoms. The number of nitrogens with zero attached hydrogens (tertiary/aromatic N) is 2. The highest BCUT2D eigenvalue weighted by atomic mass is 32.2. The van der Waals surface area contributed by atoms with Crippen molar-refractivity contribution in [2.45, 2.75) is 12.6 Å². The number of fused-ring (bicyclic) bond motifs is 1. The third kappa shape index (κ3) is 5.02. The van der Waals surface area contributed by atoms with E-state index in [9.17, 15) is 10.1 Å². The average Bonchev–Trinajstić information content (AvgIpc) is 2.75. The van der Waals surface area contributed by atoms with Crippen molar-refractivity contribution in [3.05, 3.63) is 62.9 Å². The van der Waals surface area contributed by atoms with Crippen LogP contribution in [-0.2, 0) is 6.54 Å². The van der Waals surface area contributed by atoms with Crippen LogP contribution in [-0.4, -0.2) is 37.0 Å². The summed E-state index contributed by atoms with van der Waals surface area (Å²) in [7, 11) is 3.11.